The highest BCUT2D eigenvalue weighted by atomic mass is 32.2. The summed E-state index contributed by atoms with van der Waals surface area (Å²) in [6, 6.07) is 5.84. The first-order valence-corrected chi connectivity index (χ1v) is 8.89. The quantitative estimate of drug-likeness (QED) is 0.813. The van der Waals surface area contributed by atoms with Gasteiger partial charge in [0.15, 0.2) is 10.9 Å². The number of pyridine rings is 1. The Hall–Kier alpha value is -1.53. The van der Waals surface area contributed by atoms with Crippen molar-refractivity contribution < 1.29 is 9.53 Å². The lowest BCUT2D eigenvalue weighted by molar-refractivity contribution is 0.00711. The molecule has 1 unspecified atom stereocenters. The molecule has 1 amide bonds. The van der Waals surface area contributed by atoms with Crippen molar-refractivity contribution in [3.8, 4) is 0 Å². The average molecular weight is 319 g/mol. The molecule has 3 rings (SSSR count). The summed E-state index contributed by atoms with van der Waals surface area (Å²) in [4.78, 5) is 19.3. The summed E-state index contributed by atoms with van der Waals surface area (Å²) in [5.74, 6) is 0.00778. The van der Waals surface area contributed by atoms with Gasteiger partial charge in [-0.25, -0.2) is 4.98 Å². The number of hydrogen-bond donors (Lipinski definition) is 0. The molecule has 3 heterocycles. The van der Waals surface area contributed by atoms with Crippen LogP contribution in [0.4, 0.5) is 0 Å². The van der Waals surface area contributed by atoms with Crippen molar-refractivity contribution in [2.24, 2.45) is 0 Å². The van der Waals surface area contributed by atoms with Crippen molar-refractivity contribution in [3.63, 3.8) is 0 Å². The third-order valence-corrected chi connectivity index (χ3v) is 4.62. The lowest BCUT2D eigenvalue weighted by Crippen LogP contribution is -2.43. The molecule has 1 saturated heterocycles. The maximum Gasteiger partial charge on any atom is 0.274 e. The summed E-state index contributed by atoms with van der Waals surface area (Å²) in [5, 5.41) is 0.845. The first kappa shape index (κ1) is 15.4. The molecular formula is C16H21N3O2S. The van der Waals surface area contributed by atoms with Crippen LogP contribution >= 0.6 is 11.8 Å². The second kappa shape index (κ2) is 6.71. The molecule has 2 aromatic rings. The standard InChI is InChI=1S/C16H21N3O2S/c1-3-21-12-7-6-9-18(11-12)15(20)14-13-8-4-5-10-19(13)16(17-14)22-2/h4-5,8,10,12H,3,6-7,9,11H2,1-2H3. The molecule has 0 radical (unpaired) electrons. The van der Waals surface area contributed by atoms with Crippen LogP contribution in [0.25, 0.3) is 5.52 Å². The van der Waals surface area contributed by atoms with Crippen LogP contribution in [0.2, 0.25) is 0 Å². The van der Waals surface area contributed by atoms with E-state index in [2.05, 4.69) is 4.98 Å². The van der Waals surface area contributed by atoms with Gasteiger partial charge in [-0.2, -0.15) is 0 Å². The molecule has 0 spiro atoms. The first-order valence-electron chi connectivity index (χ1n) is 7.66. The van der Waals surface area contributed by atoms with Gasteiger partial charge in [0.2, 0.25) is 0 Å². The van der Waals surface area contributed by atoms with Crippen LogP contribution in [0.5, 0.6) is 0 Å². The van der Waals surface area contributed by atoms with E-state index in [0.717, 1.165) is 30.1 Å². The number of ether oxygens (including phenoxy) is 1. The third-order valence-electron chi connectivity index (χ3n) is 3.97. The third kappa shape index (κ3) is 2.85. The largest absolute Gasteiger partial charge is 0.377 e. The number of thioether (sulfide) groups is 1. The highest BCUT2D eigenvalue weighted by Crippen LogP contribution is 2.23. The molecule has 1 atom stereocenters. The molecule has 1 aliphatic rings. The van der Waals surface area contributed by atoms with Crippen molar-refractivity contribution in [2.75, 3.05) is 26.0 Å². The van der Waals surface area contributed by atoms with Gasteiger partial charge in [-0.3, -0.25) is 9.20 Å². The lowest BCUT2D eigenvalue weighted by atomic mass is 10.1. The number of fused-ring (bicyclic) bond motifs is 1. The van der Waals surface area contributed by atoms with Crippen molar-refractivity contribution >= 4 is 23.2 Å². The number of carbonyl (C=O) groups excluding carboxylic acids is 1. The van der Waals surface area contributed by atoms with E-state index in [4.69, 9.17) is 4.74 Å². The Kier molecular flexibility index (Phi) is 4.69. The number of hydrogen-bond acceptors (Lipinski definition) is 4. The summed E-state index contributed by atoms with van der Waals surface area (Å²) in [6.45, 7) is 4.13. The van der Waals surface area contributed by atoms with Gasteiger partial charge in [-0.15, -0.1) is 0 Å². The molecule has 1 fully saturated rings. The molecular weight excluding hydrogens is 298 g/mol. The van der Waals surface area contributed by atoms with Crippen LogP contribution in [0.15, 0.2) is 29.6 Å². The molecule has 22 heavy (non-hydrogen) atoms. The summed E-state index contributed by atoms with van der Waals surface area (Å²) in [7, 11) is 0. The minimum absolute atomic E-state index is 0.00778. The molecule has 0 bridgehead atoms. The topological polar surface area (TPSA) is 46.8 Å². The van der Waals surface area contributed by atoms with Crippen LogP contribution < -0.4 is 0 Å². The fraction of sp³-hybridized carbons (Fsp3) is 0.500. The number of aromatic nitrogens is 2. The molecule has 6 heteroatoms. The highest BCUT2D eigenvalue weighted by Gasteiger charge is 2.27. The molecule has 1 aliphatic heterocycles. The number of likely N-dealkylation sites (tertiary alicyclic amines) is 1. The van der Waals surface area contributed by atoms with E-state index >= 15 is 0 Å². The van der Waals surface area contributed by atoms with Crippen LogP contribution in [0.3, 0.4) is 0 Å². The van der Waals surface area contributed by atoms with Crippen molar-refractivity contribution in [1.29, 1.82) is 0 Å². The highest BCUT2D eigenvalue weighted by molar-refractivity contribution is 7.98. The molecule has 118 valence electrons. The Morgan fingerprint density at radius 2 is 2.36 bits per heavy atom. The van der Waals surface area contributed by atoms with Gasteiger partial charge < -0.3 is 9.64 Å². The Morgan fingerprint density at radius 1 is 1.50 bits per heavy atom. The minimum atomic E-state index is 0.00778. The van der Waals surface area contributed by atoms with Crippen LogP contribution in [0, 0.1) is 0 Å². The monoisotopic (exact) mass is 319 g/mol. The Balaban J connectivity index is 1.89. The van der Waals surface area contributed by atoms with E-state index in [-0.39, 0.29) is 12.0 Å². The fourth-order valence-corrected chi connectivity index (χ4v) is 3.49. The van der Waals surface area contributed by atoms with Gasteiger partial charge in [0.1, 0.15) is 0 Å². The van der Waals surface area contributed by atoms with E-state index in [9.17, 15) is 4.79 Å². The van der Waals surface area contributed by atoms with E-state index in [0.29, 0.717) is 18.8 Å². The van der Waals surface area contributed by atoms with Crippen LogP contribution in [-0.2, 0) is 4.74 Å². The summed E-state index contributed by atoms with van der Waals surface area (Å²) in [5.41, 5.74) is 1.41. The van der Waals surface area contributed by atoms with Gasteiger partial charge in [0.05, 0.1) is 11.6 Å². The van der Waals surface area contributed by atoms with Gasteiger partial charge in [0, 0.05) is 25.9 Å². The van der Waals surface area contributed by atoms with Crippen LogP contribution in [-0.4, -0.2) is 52.2 Å². The van der Waals surface area contributed by atoms with Crippen molar-refractivity contribution in [3.05, 3.63) is 30.1 Å². The van der Waals surface area contributed by atoms with Gasteiger partial charge in [-0.1, -0.05) is 17.8 Å². The fourth-order valence-electron chi connectivity index (χ4n) is 2.96. The Labute approximate surface area is 134 Å². The summed E-state index contributed by atoms with van der Waals surface area (Å²) in [6.07, 6.45) is 6.08. The number of rotatable bonds is 4. The predicted molar refractivity (Wildman–Crippen MR) is 87.5 cm³/mol. The number of imidazole rings is 1. The minimum Gasteiger partial charge on any atom is -0.377 e. The van der Waals surface area contributed by atoms with Gasteiger partial charge >= 0.3 is 0 Å². The first-order chi connectivity index (χ1) is 10.7. The Bertz CT molecular complexity index is 668. The number of piperidine rings is 1. The molecule has 0 saturated carbocycles. The molecule has 0 aromatic carbocycles. The lowest BCUT2D eigenvalue weighted by Gasteiger charge is -2.32. The Morgan fingerprint density at radius 3 is 3.14 bits per heavy atom. The second-order valence-electron chi connectivity index (χ2n) is 5.37. The normalized spacial score (nSPS) is 18.8. The zero-order valence-corrected chi connectivity index (χ0v) is 13.8. The van der Waals surface area contributed by atoms with Crippen LogP contribution in [0.1, 0.15) is 30.3 Å². The van der Waals surface area contributed by atoms with E-state index in [1.54, 1.807) is 11.8 Å². The summed E-state index contributed by atoms with van der Waals surface area (Å²) < 4.78 is 7.66. The maximum absolute atomic E-state index is 12.9. The number of nitrogens with zero attached hydrogens (tertiary/aromatic N) is 3. The predicted octanol–water partition coefficient (Wildman–Crippen LogP) is 2.70. The number of amides is 1. The smallest absolute Gasteiger partial charge is 0.274 e. The van der Waals surface area contributed by atoms with Gasteiger partial charge in [-0.05, 0) is 38.2 Å². The molecule has 0 N–H and O–H groups in total. The van der Waals surface area contributed by atoms with E-state index < -0.39 is 0 Å². The SMILES string of the molecule is CCOC1CCCN(C(=O)c2nc(SC)n3ccccc23)C1. The van der Waals surface area contributed by atoms with E-state index in [1.165, 1.54) is 0 Å². The average Bonchev–Trinajstić information content (AvgIpc) is 2.93. The number of carbonyl (C=O) groups is 1. The van der Waals surface area contributed by atoms with Crippen molar-refractivity contribution in [2.45, 2.75) is 31.0 Å². The van der Waals surface area contributed by atoms with E-state index in [1.807, 2.05) is 46.9 Å². The summed E-state index contributed by atoms with van der Waals surface area (Å²) >= 11 is 1.55. The van der Waals surface area contributed by atoms with Gasteiger partial charge in [0.25, 0.3) is 5.91 Å². The molecule has 5 nitrogen and oxygen atoms in total. The zero-order chi connectivity index (χ0) is 15.5. The maximum atomic E-state index is 12.9. The second-order valence-corrected chi connectivity index (χ2v) is 6.15. The molecule has 0 aliphatic carbocycles. The van der Waals surface area contributed by atoms with Crippen molar-refractivity contribution in [1.82, 2.24) is 14.3 Å². The zero-order valence-electron chi connectivity index (χ0n) is 13.0. The molecule has 2 aromatic heterocycles.